The van der Waals surface area contributed by atoms with E-state index in [1.54, 1.807) is 7.11 Å². The van der Waals surface area contributed by atoms with Crippen LogP contribution in [0.4, 0.5) is 0 Å². The minimum Gasteiger partial charge on any atom is -0.493 e. The molecule has 0 amide bonds. The molecule has 0 aromatic heterocycles. The summed E-state index contributed by atoms with van der Waals surface area (Å²) >= 11 is 0. The molecule has 0 N–H and O–H groups in total. The number of aldehydes is 1. The van der Waals surface area contributed by atoms with E-state index >= 15 is 0 Å². The predicted octanol–water partition coefficient (Wildman–Crippen LogP) is 2.47. The first kappa shape index (κ1) is 11.6. The molecule has 0 saturated heterocycles. The topological polar surface area (TPSA) is 35.5 Å². The van der Waals surface area contributed by atoms with Gasteiger partial charge in [0.2, 0.25) is 0 Å². The zero-order chi connectivity index (χ0) is 11.3. The highest BCUT2D eigenvalue weighted by molar-refractivity contribution is 5.81. The summed E-state index contributed by atoms with van der Waals surface area (Å²) in [7, 11) is 3.10. The molecule has 0 bridgehead atoms. The molecule has 0 saturated carbocycles. The van der Waals surface area contributed by atoms with E-state index in [9.17, 15) is 4.79 Å². The molecule has 0 heterocycles. The molecule has 82 valence electrons. The van der Waals surface area contributed by atoms with Crippen LogP contribution in [0.25, 0.3) is 0 Å². The van der Waals surface area contributed by atoms with Gasteiger partial charge in [-0.25, -0.2) is 0 Å². The number of ether oxygens (including phenoxy) is 2. The zero-order valence-electron chi connectivity index (χ0n) is 9.37. The van der Waals surface area contributed by atoms with Crippen LogP contribution in [0, 0.1) is 0 Å². The van der Waals surface area contributed by atoms with Gasteiger partial charge in [-0.2, -0.15) is 0 Å². The number of hydrogen-bond acceptors (Lipinski definition) is 3. The first-order valence-electron chi connectivity index (χ1n) is 4.96. The van der Waals surface area contributed by atoms with Gasteiger partial charge in [-0.1, -0.05) is 13.3 Å². The van der Waals surface area contributed by atoms with Gasteiger partial charge in [0, 0.05) is 0 Å². The maximum absolute atomic E-state index is 10.9. The molecule has 0 radical (unpaired) electrons. The first-order chi connectivity index (χ1) is 7.26. The fraction of sp³-hybridized carbons (Fsp3) is 0.417. The minimum absolute atomic E-state index is 0.507. The smallest absolute Gasteiger partial charge is 0.171 e. The summed E-state index contributed by atoms with van der Waals surface area (Å²) in [5.74, 6) is 1.12. The minimum atomic E-state index is 0.507. The van der Waals surface area contributed by atoms with Crippen LogP contribution in [0.1, 0.15) is 29.3 Å². The van der Waals surface area contributed by atoms with Crippen molar-refractivity contribution in [2.24, 2.45) is 0 Å². The summed E-state index contributed by atoms with van der Waals surface area (Å²) in [4.78, 5) is 10.9. The van der Waals surface area contributed by atoms with Crippen molar-refractivity contribution < 1.29 is 14.3 Å². The predicted molar refractivity (Wildman–Crippen MR) is 58.9 cm³/mol. The Bertz CT molecular complexity index is 345. The molecule has 1 aromatic carbocycles. The number of carbonyl (C=O) groups is 1. The van der Waals surface area contributed by atoms with E-state index in [0.717, 1.165) is 24.7 Å². The molecule has 0 aliphatic heterocycles. The van der Waals surface area contributed by atoms with Gasteiger partial charge in [-0.15, -0.1) is 0 Å². The number of methoxy groups -OCH3 is 2. The van der Waals surface area contributed by atoms with Crippen LogP contribution in [0.3, 0.4) is 0 Å². The monoisotopic (exact) mass is 208 g/mol. The van der Waals surface area contributed by atoms with Crippen LogP contribution >= 0.6 is 0 Å². The van der Waals surface area contributed by atoms with Crippen LogP contribution in [0.15, 0.2) is 12.1 Å². The average molecular weight is 208 g/mol. The number of aryl methyl sites for hydroxylation is 1. The molecule has 0 aliphatic carbocycles. The van der Waals surface area contributed by atoms with Crippen molar-refractivity contribution in [2.45, 2.75) is 19.8 Å². The fourth-order valence-electron chi connectivity index (χ4n) is 1.57. The lowest BCUT2D eigenvalue weighted by Gasteiger charge is -2.11. The average Bonchev–Trinajstić information content (AvgIpc) is 2.28. The lowest BCUT2D eigenvalue weighted by molar-refractivity contribution is 0.112. The molecular formula is C12H16O3. The molecule has 15 heavy (non-hydrogen) atoms. The van der Waals surface area contributed by atoms with Crippen molar-refractivity contribution in [1.29, 1.82) is 0 Å². The Morgan fingerprint density at radius 2 is 2.00 bits per heavy atom. The van der Waals surface area contributed by atoms with E-state index in [2.05, 4.69) is 6.92 Å². The summed E-state index contributed by atoms with van der Waals surface area (Å²) in [6.07, 6.45) is 2.76. The molecular weight excluding hydrogens is 192 g/mol. The highest BCUT2D eigenvalue weighted by Gasteiger charge is 2.11. The van der Waals surface area contributed by atoms with Crippen LogP contribution < -0.4 is 9.47 Å². The van der Waals surface area contributed by atoms with E-state index in [0.29, 0.717) is 17.1 Å². The normalized spacial score (nSPS) is 9.80. The number of benzene rings is 1. The summed E-state index contributed by atoms with van der Waals surface area (Å²) in [6.45, 7) is 2.09. The molecule has 1 rings (SSSR count). The number of rotatable bonds is 5. The molecule has 0 unspecified atom stereocenters. The van der Waals surface area contributed by atoms with Gasteiger partial charge in [0.15, 0.2) is 17.8 Å². The summed E-state index contributed by atoms with van der Waals surface area (Å²) < 4.78 is 10.3. The summed E-state index contributed by atoms with van der Waals surface area (Å²) in [5, 5.41) is 0. The highest BCUT2D eigenvalue weighted by Crippen LogP contribution is 2.31. The number of carbonyl (C=O) groups excluding carboxylic acids is 1. The van der Waals surface area contributed by atoms with Crippen LogP contribution in [-0.4, -0.2) is 20.5 Å². The van der Waals surface area contributed by atoms with Crippen LogP contribution in [0.2, 0.25) is 0 Å². The summed E-state index contributed by atoms with van der Waals surface area (Å²) in [6, 6.07) is 3.76. The molecule has 0 spiro atoms. The standard InChI is InChI=1S/C12H16O3/c1-4-5-9-6-10(8-13)12(15-3)11(7-9)14-2/h6-8H,4-5H2,1-3H3. The number of hydrogen-bond donors (Lipinski definition) is 0. The lowest BCUT2D eigenvalue weighted by Crippen LogP contribution is -1.97. The first-order valence-corrected chi connectivity index (χ1v) is 4.96. The maximum Gasteiger partial charge on any atom is 0.171 e. The van der Waals surface area contributed by atoms with Crippen molar-refractivity contribution in [3.8, 4) is 11.5 Å². The Morgan fingerprint density at radius 1 is 1.27 bits per heavy atom. The fourth-order valence-corrected chi connectivity index (χ4v) is 1.57. The second-order valence-electron chi connectivity index (χ2n) is 3.29. The Labute approximate surface area is 90.0 Å². The highest BCUT2D eigenvalue weighted by atomic mass is 16.5. The van der Waals surface area contributed by atoms with E-state index in [1.165, 1.54) is 7.11 Å². The Hall–Kier alpha value is -1.51. The van der Waals surface area contributed by atoms with Crippen molar-refractivity contribution in [1.82, 2.24) is 0 Å². The third-order valence-corrected chi connectivity index (χ3v) is 2.23. The Kier molecular flexibility index (Phi) is 4.16. The van der Waals surface area contributed by atoms with Gasteiger partial charge in [-0.3, -0.25) is 4.79 Å². The van der Waals surface area contributed by atoms with Gasteiger partial charge < -0.3 is 9.47 Å². The third kappa shape index (κ3) is 2.49. The summed E-state index contributed by atoms with van der Waals surface area (Å²) in [5.41, 5.74) is 1.64. The van der Waals surface area contributed by atoms with Gasteiger partial charge in [0.1, 0.15) is 0 Å². The van der Waals surface area contributed by atoms with Gasteiger partial charge in [-0.05, 0) is 24.1 Å². The lowest BCUT2D eigenvalue weighted by atomic mass is 10.1. The second kappa shape index (κ2) is 5.39. The Morgan fingerprint density at radius 3 is 2.47 bits per heavy atom. The Balaban J connectivity index is 3.22. The zero-order valence-corrected chi connectivity index (χ0v) is 9.37. The maximum atomic E-state index is 10.9. The van der Waals surface area contributed by atoms with Gasteiger partial charge in [0.25, 0.3) is 0 Å². The van der Waals surface area contributed by atoms with Gasteiger partial charge >= 0.3 is 0 Å². The third-order valence-electron chi connectivity index (χ3n) is 2.23. The van der Waals surface area contributed by atoms with Crippen molar-refractivity contribution in [3.63, 3.8) is 0 Å². The van der Waals surface area contributed by atoms with Crippen molar-refractivity contribution >= 4 is 6.29 Å². The quantitative estimate of drug-likeness (QED) is 0.697. The van der Waals surface area contributed by atoms with Gasteiger partial charge in [0.05, 0.1) is 19.8 Å². The molecule has 0 atom stereocenters. The van der Waals surface area contributed by atoms with Crippen LogP contribution in [-0.2, 0) is 6.42 Å². The molecule has 0 fully saturated rings. The molecule has 0 aliphatic rings. The SMILES string of the molecule is CCCc1cc(C=O)c(OC)c(OC)c1. The molecule has 1 aromatic rings. The van der Waals surface area contributed by atoms with E-state index in [4.69, 9.17) is 9.47 Å². The van der Waals surface area contributed by atoms with E-state index in [-0.39, 0.29) is 0 Å². The molecule has 3 heteroatoms. The second-order valence-corrected chi connectivity index (χ2v) is 3.29. The van der Waals surface area contributed by atoms with Crippen molar-refractivity contribution in [3.05, 3.63) is 23.3 Å². The largest absolute Gasteiger partial charge is 0.493 e. The molecule has 3 nitrogen and oxygen atoms in total. The van der Waals surface area contributed by atoms with Crippen molar-refractivity contribution in [2.75, 3.05) is 14.2 Å². The van der Waals surface area contributed by atoms with E-state index < -0.39 is 0 Å². The van der Waals surface area contributed by atoms with E-state index in [1.807, 2.05) is 12.1 Å². The van der Waals surface area contributed by atoms with Crippen LogP contribution in [0.5, 0.6) is 11.5 Å².